The first-order chi connectivity index (χ1) is 18.2. The number of anilines is 1. The van der Waals surface area contributed by atoms with Gasteiger partial charge in [0.05, 0.1) is 23.3 Å². The van der Waals surface area contributed by atoms with Gasteiger partial charge in [0.2, 0.25) is 0 Å². The summed E-state index contributed by atoms with van der Waals surface area (Å²) in [5.74, 6) is -0.0369. The van der Waals surface area contributed by atoms with Gasteiger partial charge in [-0.3, -0.25) is 0 Å². The van der Waals surface area contributed by atoms with Gasteiger partial charge in [-0.15, -0.1) is 13.2 Å². The third-order valence-electron chi connectivity index (χ3n) is 7.16. The molecule has 1 saturated carbocycles. The molecule has 2 aliphatic heterocycles. The van der Waals surface area contributed by atoms with Crippen LogP contribution in [0.4, 0.5) is 19.0 Å². The molecule has 2 saturated heterocycles. The zero-order valence-corrected chi connectivity index (χ0v) is 20.1. The number of nitrogens with zero attached hydrogens (tertiary/aromatic N) is 3. The van der Waals surface area contributed by atoms with E-state index in [-0.39, 0.29) is 28.5 Å². The summed E-state index contributed by atoms with van der Waals surface area (Å²) in [5, 5.41) is 13.2. The minimum atomic E-state index is -4.86. The second kappa shape index (κ2) is 9.28. The highest BCUT2D eigenvalue weighted by Gasteiger charge is 2.48. The van der Waals surface area contributed by atoms with E-state index in [9.17, 15) is 18.0 Å². The predicted octanol–water partition coefficient (Wildman–Crippen LogP) is 5.30. The highest BCUT2D eigenvalue weighted by atomic mass is 19.4. The summed E-state index contributed by atoms with van der Waals surface area (Å²) in [6.07, 6.45) is -1.34. The van der Waals surface area contributed by atoms with Crippen molar-refractivity contribution in [3.05, 3.63) is 59.5 Å². The van der Waals surface area contributed by atoms with Crippen LogP contribution in [0.15, 0.2) is 47.1 Å². The summed E-state index contributed by atoms with van der Waals surface area (Å²) in [5.41, 5.74) is 0.412. The highest BCUT2D eigenvalue weighted by molar-refractivity contribution is 5.87. The smallest absolute Gasteiger partial charge is 0.478 e. The zero-order chi connectivity index (χ0) is 26.5. The van der Waals surface area contributed by atoms with Gasteiger partial charge in [-0.05, 0) is 49.9 Å². The van der Waals surface area contributed by atoms with E-state index in [1.807, 2.05) is 0 Å². The van der Waals surface area contributed by atoms with Crippen molar-refractivity contribution in [2.24, 2.45) is 0 Å². The van der Waals surface area contributed by atoms with E-state index in [0.29, 0.717) is 49.7 Å². The summed E-state index contributed by atoms with van der Waals surface area (Å²) in [7, 11) is 0. The molecule has 0 bridgehead atoms. The lowest BCUT2D eigenvalue weighted by Gasteiger charge is -2.38. The molecule has 12 heteroatoms. The summed E-state index contributed by atoms with van der Waals surface area (Å²) < 4.78 is 61.7. The molecule has 3 fully saturated rings. The van der Waals surface area contributed by atoms with Gasteiger partial charge in [-0.2, -0.15) is 0 Å². The lowest BCUT2D eigenvalue weighted by molar-refractivity contribution is -0.274. The molecule has 2 aromatic heterocycles. The molecule has 1 unspecified atom stereocenters. The lowest BCUT2D eigenvalue weighted by Crippen LogP contribution is -2.46. The predicted molar refractivity (Wildman–Crippen MR) is 126 cm³/mol. The summed E-state index contributed by atoms with van der Waals surface area (Å²) in [4.78, 5) is 17.4. The van der Waals surface area contributed by atoms with Crippen LogP contribution in [0, 0.1) is 0 Å². The minimum Gasteiger partial charge on any atom is -0.478 e. The Bertz CT molecular complexity index is 1330. The number of para-hydroxylation sites is 1. The summed E-state index contributed by atoms with van der Waals surface area (Å²) in [6, 6.07) is 9.02. The van der Waals surface area contributed by atoms with E-state index >= 15 is 0 Å². The van der Waals surface area contributed by atoms with Crippen LogP contribution in [0.25, 0.3) is 11.3 Å². The molecule has 38 heavy (non-hydrogen) atoms. The van der Waals surface area contributed by atoms with Crippen molar-refractivity contribution < 1.29 is 41.8 Å². The van der Waals surface area contributed by atoms with Crippen molar-refractivity contribution in [2.45, 2.75) is 49.9 Å². The Labute approximate surface area is 215 Å². The van der Waals surface area contributed by atoms with Crippen LogP contribution >= 0.6 is 0 Å². The first-order valence-electron chi connectivity index (χ1n) is 12.3. The van der Waals surface area contributed by atoms with Crippen molar-refractivity contribution in [3.63, 3.8) is 0 Å². The van der Waals surface area contributed by atoms with Crippen molar-refractivity contribution in [3.8, 4) is 17.0 Å². The van der Waals surface area contributed by atoms with Crippen LogP contribution in [-0.2, 0) is 9.47 Å². The molecule has 1 atom stereocenters. The number of hydrogen-bond acceptors (Lipinski definition) is 8. The third-order valence-corrected chi connectivity index (χ3v) is 7.16. The van der Waals surface area contributed by atoms with E-state index in [4.69, 9.17) is 19.1 Å². The van der Waals surface area contributed by atoms with Gasteiger partial charge in [-0.25, -0.2) is 9.78 Å². The molecular formula is C26H24F3N3O6. The zero-order valence-electron chi connectivity index (χ0n) is 20.1. The van der Waals surface area contributed by atoms with E-state index in [2.05, 4.69) is 19.8 Å². The largest absolute Gasteiger partial charge is 0.573 e. The van der Waals surface area contributed by atoms with Crippen LogP contribution in [0.3, 0.4) is 0 Å². The van der Waals surface area contributed by atoms with Gasteiger partial charge in [0.15, 0.2) is 6.29 Å². The number of carbonyl (C=O) groups is 1. The molecule has 200 valence electrons. The second-order valence-corrected chi connectivity index (χ2v) is 9.77. The van der Waals surface area contributed by atoms with E-state index in [1.165, 1.54) is 30.5 Å². The average Bonchev–Trinajstić information content (AvgIpc) is 3.52. The van der Waals surface area contributed by atoms with E-state index in [1.54, 1.807) is 12.1 Å². The molecule has 1 aromatic carbocycles. The summed E-state index contributed by atoms with van der Waals surface area (Å²) >= 11 is 0. The van der Waals surface area contributed by atoms with Gasteiger partial charge in [0.25, 0.3) is 0 Å². The summed E-state index contributed by atoms with van der Waals surface area (Å²) in [6.45, 7) is 1.54. The monoisotopic (exact) mass is 531 g/mol. The first kappa shape index (κ1) is 24.7. The molecule has 3 aliphatic rings. The molecule has 1 N–H and O–H groups in total. The number of alkyl halides is 3. The number of halogens is 3. The normalized spacial score (nSPS) is 21.1. The van der Waals surface area contributed by atoms with Crippen LogP contribution < -0.4 is 9.64 Å². The molecule has 4 heterocycles. The number of ether oxygens (including phenoxy) is 3. The van der Waals surface area contributed by atoms with Gasteiger partial charge in [-0.1, -0.05) is 17.3 Å². The molecule has 9 nitrogen and oxygen atoms in total. The standard InChI is InChI=1S/C26H24F3N3O6/c27-26(28,29)36-18-4-2-1-3-17(18)21-20(22(38-31-21)15-5-6-15)24-35-14-25(37-24)9-11-32(12-10-25)19-8-7-16(13-30-19)23(33)34/h1-4,7-8,13,15,24H,5-6,9-12,14H2,(H,33,34). The Morgan fingerprint density at radius 3 is 2.55 bits per heavy atom. The Balaban J connectivity index is 1.23. The van der Waals surface area contributed by atoms with Crippen molar-refractivity contribution in [1.29, 1.82) is 0 Å². The molecular weight excluding hydrogens is 507 g/mol. The van der Waals surface area contributed by atoms with Gasteiger partial charge in [0.1, 0.15) is 23.0 Å². The first-order valence-corrected chi connectivity index (χ1v) is 12.3. The Kier molecular flexibility index (Phi) is 6.03. The average molecular weight is 531 g/mol. The quantitative estimate of drug-likeness (QED) is 0.454. The fraction of sp³-hybridized carbons (Fsp3) is 0.423. The third kappa shape index (κ3) is 4.81. The number of benzene rings is 1. The number of aromatic carboxylic acids is 1. The molecule has 0 amide bonds. The van der Waals surface area contributed by atoms with Crippen molar-refractivity contribution in [1.82, 2.24) is 10.1 Å². The minimum absolute atomic E-state index is 0.118. The molecule has 6 rings (SSSR count). The Hall–Kier alpha value is -3.64. The number of pyridine rings is 1. The maximum atomic E-state index is 13.1. The number of carboxylic acids is 1. The van der Waals surface area contributed by atoms with Crippen molar-refractivity contribution >= 4 is 11.8 Å². The SMILES string of the molecule is O=C(O)c1ccc(N2CCC3(CC2)COC(c2c(-c4ccccc4OC(F)(F)F)noc2C2CC2)O3)nc1. The highest BCUT2D eigenvalue weighted by Crippen LogP contribution is 2.51. The fourth-order valence-corrected chi connectivity index (χ4v) is 5.02. The number of rotatable bonds is 6. The van der Waals surface area contributed by atoms with E-state index < -0.39 is 24.2 Å². The number of carboxylic acid groups (broad SMARTS) is 1. The molecule has 1 aliphatic carbocycles. The van der Waals surface area contributed by atoms with Crippen LogP contribution in [0.5, 0.6) is 5.75 Å². The lowest BCUT2D eigenvalue weighted by atomic mass is 9.92. The van der Waals surface area contributed by atoms with E-state index in [0.717, 1.165) is 12.8 Å². The Morgan fingerprint density at radius 2 is 1.89 bits per heavy atom. The van der Waals surface area contributed by atoms with Crippen molar-refractivity contribution in [2.75, 3.05) is 24.6 Å². The van der Waals surface area contributed by atoms with Crippen LogP contribution in [0.2, 0.25) is 0 Å². The van der Waals surface area contributed by atoms with Gasteiger partial charge in [0, 0.05) is 30.8 Å². The second-order valence-electron chi connectivity index (χ2n) is 9.77. The van der Waals surface area contributed by atoms with Crippen LogP contribution in [-0.4, -0.2) is 52.9 Å². The number of piperidine rings is 1. The maximum Gasteiger partial charge on any atom is 0.573 e. The molecule has 3 aromatic rings. The van der Waals surface area contributed by atoms with Gasteiger partial charge >= 0.3 is 12.3 Å². The molecule has 0 radical (unpaired) electrons. The van der Waals surface area contributed by atoms with Crippen LogP contribution in [0.1, 0.15) is 59.6 Å². The Morgan fingerprint density at radius 1 is 1.13 bits per heavy atom. The topological polar surface area (TPSA) is 107 Å². The number of hydrogen-bond donors (Lipinski definition) is 1. The molecule has 1 spiro atoms. The maximum absolute atomic E-state index is 13.1. The number of aromatic nitrogens is 2. The fourth-order valence-electron chi connectivity index (χ4n) is 5.02. The van der Waals surface area contributed by atoms with Gasteiger partial charge < -0.3 is 28.7 Å².